The van der Waals surface area contributed by atoms with Crippen LogP contribution in [0.1, 0.15) is 36.8 Å². The van der Waals surface area contributed by atoms with Gasteiger partial charge in [0.1, 0.15) is 0 Å². The largest absolute Gasteiger partial charge is 0.387 e. The van der Waals surface area contributed by atoms with E-state index in [0.717, 1.165) is 32.2 Å². The Labute approximate surface area is 214 Å². The highest BCUT2D eigenvalue weighted by Crippen LogP contribution is 2.56. The molecule has 1 heteroatoms. The fourth-order valence-electron chi connectivity index (χ4n) is 6.11. The molecule has 0 atom stereocenters. The maximum atomic E-state index is 4.60. The molecule has 0 spiro atoms. The molecule has 4 aliphatic rings. The lowest BCUT2D eigenvalue weighted by molar-refractivity contribution is 0.688. The van der Waals surface area contributed by atoms with Gasteiger partial charge < -0.3 is 5.32 Å². The van der Waals surface area contributed by atoms with Crippen LogP contribution in [-0.4, -0.2) is 6.54 Å². The lowest BCUT2D eigenvalue weighted by atomic mass is 9.57. The summed E-state index contributed by atoms with van der Waals surface area (Å²) in [6, 6.07) is 22.0. The Hall–Kier alpha value is -4.06. The summed E-state index contributed by atoms with van der Waals surface area (Å²) < 4.78 is 0. The van der Waals surface area contributed by atoms with Crippen LogP contribution in [0.5, 0.6) is 0 Å². The lowest BCUT2D eigenvalue weighted by Crippen LogP contribution is -2.36. The van der Waals surface area contributed by atoms with Crippen molar-refractivity contribution in [3.05, 3.63) is 172 Å². The van der Waals surface area contributed by atoms with Crippen molar-refractivity contribution in [1.82, 2.24) is 5.32 Å². The van der Waals surface area contributed by atoms with Crippen molar-refractivity contribution in [3.8, 4) is 0 Å². The SMILES string of the molecule is C=C(C/C=C\NCC1=CC=CC1)C1=C2C=C(CC1)C1=C(C=C=C1)C2(c1ccccc1)c1ccccc1. The van der Waals surface area contributed by atoms with Gasteiger partial charge in [0.25, 0.3) is 0 Å². The summed E-state index contributed by atoms with van der Waals surface area (Å²) in [6.45, 7) is 5.50. The zero-order valence-corrected chi connectivity index (χ0v) is 20.6. The van der Waals surface area contributed by atoms with E-state index in [9.17, 15) is 0 Å². The predicted octanol–water partition coefficient (Wildman–Crippen LogP) is 7.96. The van der Waals surface area contributed by atoms with Crippen LogP contribution >= 0.6 is 0 Å². The van der Waals surface area contributed by atoms with Gasteiger partial charge in [0.05, 0.1) is 5.41 Å². The van der Waals surface area contributed by atoms with Crippen LogP contribution in [0.25, 0.3) is 0 Å². The number of hydrogen-bond donors (Lipinski definition) is 1. The van der Waals surface area contributed by atoms with E-state index in [2.05, 4.69) is 127 Å². The Morgan fingerprint density at radius 2 is 1.69 bits per heavy atom. The van der Waals surface area contributed by atoms with Crippen LogP contribution in [0.2, 0.25) is 0 Å². The third-order valence-corrected chi connectivity index (χ3v) is 7.81. The molecule has 0 saturated carbocycles. The molecule has 0 heterocycles. The Kier molecular flexibility index (Phi) is 5.93. The van der Waals surface area contributed by atoms with Crippen molar-refractivity contribution < 1.29 is 0 Å². The highest BCUT2D eigenvalue weighted by molar-refractivity contribution is 5.75. The van der Waals surface area contributed by atoms with Gasteiger partial charge in [-0.2, -0.15) is 0 Å². The summed E-state index contributed by atoms with van der Waals surface area (Å²) in [4.78, 5) is 0. The average Bonchev–Trinajstić information content (AvgIpc) is 3.63. The quantitative estimate of drug-likeness (QED) is 0.390. The van der Waals surface area contributed by atoms with Crippen LogP contribution in [0.15, 0.2) is 161 Å². The van der Waals surface area contributed by atoms with Gasteiger partial charge in [-0.15, -0.1) is 5.73 Å². The molecule has 1 N–H and O–H groups in total. The summed E-state index contributed by atoms with van der Waals surface area (Å²) in [5.74, 6) is 0. The minimum Gasteiger partial charge on any atom is -0.387 e. The van der Waals surface area contributed by atoms with Crippen molar-refractivity contribution in [3.63, 3.8) is 0 Å². The van der Waals surface area contributed by atoms with Gasteiger partial charge in [-0.3, -0.25) is 0 Å². The molecule has 176 valence electrons. The van der Waals surface area contributed by atoms with E-state index in [-0.39, 0.29) is 5.41 Å². The molecule has 0 aromatic heterocycles. The Morgan fingerprint density at radius 3 is 2.39 bits per heavy atom. The zero-order valence-electron chi connectivity index (χ0n) is 20.6. The van der Waals surface area contributed by atoms with E-state index in [4.69, 9.17) is 0 Å². The summed E-state index contributed by atoms with van der Waals surface area (Å²) in [7, 11) is 0. The maximum Gasteiger partial charge on any atom is 0.0716 e. The summed E-state index contributed by atoms with van der Waals surface area (Å²) in [6.07, 6.45) is 21.7. The first kappa shape index (κ1) is 22.4. The number of nitrogens with one attached hydrogen (secondary N) is 1. The second-order valence-electron chi connectivity index (χ2n) is 9.87. The summed E-state index contributed by atoms with van der Waals surface area (Å²) in [5.41, 5.74) is 15.2. The first-order chi connectivity index (χ1) is 17.8. The molecule has 36 heavy (non-hydrogen) atoms. The number of allylic oxidation sites excluding steroid dienone is 12. The second-order valence-corrected chi connectivity index (χ2v) is 9.87. The highest BCUT2D eigenvalue weighted by atomic mass is 14.8. The number of rotatable bonds is 8. The third kappa shape index (κ3) is 3.73. The molecule has 0 unspecified atom stereocenters. The molecule has 4 aliphatic carbocycles. The van der Waals surface area contributed by atoms with Gasteiger partial charge in [-0.05, 0) is 94.2 Å². The van der Waals surface area contributed by atoms with E-state index < -0.39 is 0 Å². The van der Waals surface area contributed by atoms with E-state index in [1.165, 1.54) is 50.1 Å². The molecule has 0 radical (unpaired) electrons. The second kappa shape index (κ2) is 9.53. The van der Waals surface area contributed by atoms with Crippen molar-refractivity contribution in [2.75, 3.05) is 6.54 Å². The molecule has 2 aromatic carbocycles. The van der Waals surface area contributed by atoms with Crippen molar-refractivity contribution in [1.29, 1.82) is 0 Å². The molecular weight excluding hydrogens is 434 g/mol. The molecule has 0 saturated heterocycles. The molecule has 1 nitrogen and oxygen atoms in total. The summed E-state index contributed by atoms with van der Waals surface area (Å²) >= 11 is 0. The summed E-state index contributed by atoms with van der Waals surface area (Å²) in [5, 5.41) is 3.44. The number of fused-ring (bicyclic) bond motifs is 2. The van der Waals surface area contributed by atoms with E-state index in [1.54, 1.807) is 0 Å². The normalized spacial score (nSPS) is 19.1. The molecule has 0 fully saturated rings. The van der Waals surface area contributed by atoms with E-state index in [1.807, 2.05) is 0 Å². The van der Waals surface area contributed by atoms with Crippen LogP contribution in [0.4, 0.5) is 0 Å². The van der Waals surface area contributed by atoms with Crippen LogP contribution < -0.4 is 5.32 Å². The van der Waals surface area contributed by atoms with Crippen LogP contribution in [0, 0.1) is 0 Å². The van der Waals surface area contributed by atoms with Gasteiger partial charge in [-0.1, -0.05) is 97.6 Å². The molecule has 0 aliphatic heterocycles. The average molecular weight is 466 g/mol. The van der Waals surface area contributed by atoms with Gasteiger partial charge >= 0.3 is 0 Å². The van der Waals surface area contributed by atoms with E-state index >= 15 is 0 Å². The van der Waals surface area contributed by atoms with Gasteiger partial charge in [-0.25, -0.2) is 0 Å². The lowest BCUT2D eigenvalue weighted by Gasteiger charge is -2.44. The monoisotopic (exact) mass is 465 g/mol. The van der Waals surface area contributed by atoms with Gasteiger partial charge in [0.2, 0.25) is 0 Å². The first-order valence-corrected chi connectivity index (χ1v) is 12.9. The van der Waals surface area contributed by atoms with E-state index in [0.29, 0.717) is 0 Å². The molecule has 0 amide bonds. The molecule has 2 aromatic rings. The minimum absolute atomic E-state index is 0.371. The molecular formula is C35H31N. The Bertz CT molecular complexity index is 1410. The van der Waals surface area contributed by atoms with Gasteiger partial charge in [0, 0.05) is 6.54 Å². The zero-order chi connectivity index (χ0) is 24.4. The standard InChI is InChI=1S/C35H31N/c1-26(12-11-23-36-25-27-13-8-9-14-27)31-22-21-28-24-34(31)35(29-15-4-2-5-16-29,30-17-6-3-7-18-30)33-20-10-19-32(28)33/h2-9,11,13,15-20,23-24,36H,1,12,14,21-22,25H2/b23-11-. The topological polar surface area (TPSA) is 12.0 Å². The van der Waals surface area contributed by atoms with Gasteiger partial charge in [0.15, 0.2) is 0 Å². The molecule has 6 rings (SSSR count). The Morgan fingerprint density at radius 1 is 0.944 bits per heavy atom. The van der Waals surface area contributed by atoms with Crippen LogP contribution in [-0.2, 0) is 5.41 Å². The Balaban J connectivity index is 1.41. The predicted molar refractivity (Wildman–Crippen MR) is 150 cm³/mol. The van der Waals surface area contributed by atoms with Crippen molar-refractivity contribution >= 4 is 0 Å². The first-order valence-electron chi connectivity index (χ1n) is 12.9. The smallest absolute Gasteiger partial charge is 0.0716 e. The molecule has 2 bridgehead atoms. The highest BCUT2D eigenvalue weighted by Gasteiger charge is 2.47. The third-order valence-electron chi connectivity index (χ3n) is 7.81. The minimum atomic E-state index is -0.371. The van der Waals surface area contributed by atoms with Crippen molar-refractivity contribution in [2.24, 2.45) is 0 Å². The van der Waals surface area contributed by atoms with Crippen molar-refractivity contribution in [2.45, 2.75) is 31.1 Å². The number of benzene rings is 2. The number of hydrogen-bond acceptors (Lipinski definition) is 1. The fraction of sp³-hybridized carbons (Fsp3) is 0.171. The fourth-order valence-corrected chi connectivity index (χ4v) is 6.11. The van der Waals surface area contributed by atoms with Crippen LogP contribution in [0.3, 0.4) is 0 Å². The maximum absolute atomic E-state index is 4.60.